The highest BCUT2D eigenvalue weighted by atomic mass is 32.1. The number of hydrogen-bond donors (Lipinski definition) is 2. The van der Waals surface area contributed by atoms with Gasteiger partial charge in [-0.05, 0) is 24.6 Å². The molecule has 0 spiro atoms. The van der Waals surface area contributed by atoms with Crippen molar-refractivity contribution in [1.82, 2.24) is 19.9 Å². The Morgan fingerprint density at radius 1 is 1.19 bits per heavy atom. The van der Waals surface area contributed by atoms with Gasteiger partial charge >= 0.3 is 0 Å². The molecule has 0 aliphatic rings. The summed E-state index contributed by atoms with van der Waals surface area (Å²) in [6.45, 7) is 2.07. The number of benzene rings is 1. The highest BCUT2D eigenvalue weighted by molar-refractivity contribution is 7.20. The number of phenolic OH excluding ortho intramolecular Hbond substituents is 1. The van der Waals surface area contributed by atoms with Gasteiger partial charge in [-0.1, -0.05) is 12.1 Å². The first-order valence-corrected chi connectivity index (χ1v) is 10.1. The standard InChI is InChI=1S/C21H19N5O4S/c1-11-16-20(30-3)25-15(10-29-2)26-21(16)31-17(11)19(28)24-13-8-22-18(23-9-13)12-5-4-6-14(27)7-12/h4-9,27H,10H2,1-3H3,(H,24,28). The van der Waals surface area contributed by atoms with E-state index in [0.29, 0.717) is 43.9 Å². The summed E-state index contributed by atoms with van der Waals surface area (Å²) in [6.07, 6.45) is 3.04. The minimum absolute atomic E-state index is 0.130. The Kier molecular flexibility index (Phi) is 5.74. The number of fused-ring (bicyclic) bond motifs is 1. The molecule has 0 atom stereocenters. The smallest absolute Gasteiger partial charge is 0.266 e. The van der Waals surface area contributed by atoms with E-state index in [0.717, 1.165) is 5.56 Å². The summed E-state index contributed by atoms with van der Waals surface area (Å²) in [5.41, 5.74) is 1.86. The molecule has 0 saturated heterocycles. The van der Waals surface area contributed by atoms with Crippen LogP contribution in [0.15, 0.2) is 36.7 Å². The summed E-state index contributed by atoms with van der Waals surface area (Å²) in [5.74, 6) is 1.16. The van der Waals surface area contributed by atoms with Crippen molar-refractivity contribution < 1.29 is 19.4 Å². The van der Waals surface area contributed by atoms with Gasteiger partial charge in [0, 0.05) is 12.7 Å². The van der Waals surface area contributed by atoms with E-state index in [4.69, 9.17) is 9.47 Å². The van der Waals surface area contributed by atoms with E-state index in [1.165, 1.54) is 30.8 Å². The van der Waals surface area contributed by atoms with Gasteiger partial charge in [-0.2, -0.15) is 4.98 Å². The van der Waals surface area contributed by atoms with Crippen LogP contribution in [0, 0.1) is 6.92 Å². The molecule has 0 saturated carbocycles. The van der Waals surface area contributed by atoms with Crippen molar-refractivity contribution >= 4 is 33.1 Å². The molecule has 31 heavy (non-hydrogen) atoms. The quantitative estimate of drug-likeness (QED) is 0.470. The van der Waals surface area contributed by atoms with Gasteiger partial charge in [-0.25, -0.2) is 15.0 Å². The number of thiophene rings is 1. The lowest BCUT2D eigenvalue weighted by Gasteiger charge is -2.06. The van der Waals surface area contributed by atoms with Crippen molar-refractivity contribution in [3.8, 4) is 23.0 Å². The van der Waals surface area contributed by atoms with E-state index in [1.807, 2.05) is 6.92 Å². The van der Waals surface area contributed by atoms with Crippen molar-refractivity contribution in [2.45, 2.75) is 13.5 Å². The summed E-state index contributed by atoms with van der Waals surface area (Å²) in [5, 5.41) is 13.1. The lowest BCUT2D eigenvalue weighted by atomic mass is 10.2. The van der Waals surface area contributed by atoms with Gasteiger partial charge in [0.15, 0.2) is 11.6 Å². The van der Waals surface area contributed by atoms with Gasteiger partial charge in [0.25, 0.3) is 5.91 Å². The second-order valence-corrected chi connectivity index (χ2v) is 7.62. The number of aromatic hydroxyl groups is 1. The van der Waals surface area contributed by atoms with E-state index in [-0.39, 0.29) is 18.3 Å². The molecular weight excluding hydrogens is 418 g/mol. The number of phenols is 1. The Labute approximate surface area is 181 Å². The number of carbonyl (C=O) groups excluding carboxylic acids is 1. The zero-order chi connectivity index (χ0) is 22.0. The minimum atomic E-state index is -0.301. The zero-order valence-electron chi connectivity index (χ0n) is 17.0. The third-order valence-electron chi connectivity index (χ3n) is 4.49. The molecule has 1 aromatic carbocycles. The molecule has 0 radical (unpaired) electrons. The van der Waals surface area contributed by atoms with Crippen LogP contribution < -0.4 is 10.1 Å². The van der Waals surface area contributed by atoms with Crippen LogP contribution in [-0.4, -0.2) is 45.2 Å². The van der Waals surface area contributed by atoms with Crippen molar-refractivity contribution in [1.29, 1.82) is 0 Å². The highest BCUT2D eigenvalue weighted by Crippen LogP contribution is 2.35. The Bertz CT molecular complexity index is 1260. The van der Waals surface area contributed by atoms with E-state index >= 15 is 0 Å². The predicted octanol–water partition coefficient (Wildman–Crippen LogP) is 3.57. The molecule has 0 bridgehead atoms. The van der Waals surface area contributed by atoms with Gasteiger partial charge in [-0.3, -0.25) is 4.79 Å². The first kappa shape index (κ1) is 20.6. The largest absolute Gasteiger partial charge is 0.508 e. The van der Waals surface area contributed by atoms with Crippen LogP contribution in [0.1, 0.15) is 21.1 Å². The highest BCUT2D eigenvalue weighted by Gasteiger charge is 2.21. The number of nitrogens with one attached hydrogen (secondary N) is 1. The average molecular weight is 437 g/mol. The van der Waals surface area contributed by atoms with Crippen LogP contribution in [0.5, 0.6) is 11.6 Å². The summed E-state index contributed by atoms with van der Waals surface area (Å²) in [7, 11) is 3.09. The zero-order valence-corrected chi connectivity index (χ0v) is 17.9. The van der Waals surface area contributed by atoms with Crippen molar-refractivity contribution in [2.75, 3.05) is 19.5 Å². The Hall–Kier alpha value is -3.63. The molecular formula is C21H19N5O4S. The van der Waals surface area contributed by atoms with Crippen LogP contribution in [0.3, 0.4) is 0 Å². The van der Waals surface area contributed by atoms with Crippen molar-refractivity contribution in [3.05, 3.63) is 52.9 Å². The van der Waals surface area contributed by atoms with Crippen LogP contribution >= 0.6 is 11.3 Å². The number of amides is 1. The van der Waals surface area contributed by atoms with Crippen LogP contribution in [0.4, 0.5) is 5.69 Å². The van der Waals surface area contributed by atoms with E-state index in [1.54, 1.807) is 31.4 Å². The molecule has 3 heterocycles. The summed E-state index contributed by atoms with van der Waals surface area (Å²) < 4.78 is 10.5. The van der Waals surface area contributed by atoms with Crippen LogP contribution in [-0.2, 0) is 11.3 Å². The maximum absolute atomic E-state index is 12.9. The fraction of sp³-hybridized carbons (Fsp3) is 0.190. The second-order valence-electron chi connectivity index (χ2n) is 6.62. The number of anilines is 1. The molecule has 0 unspecified atom stereocenters. The molecule has 0 aliphatic carbocycles. The third-order valence-corrected chi connectivity index (χ3v) is 5.67. The van der Waals surface area contributed by atoms with Crippen LogP contribution in [0.25, 0.3) is 21.6 Å². The summed E-state index contributed by atoms with van der Waals surface area (Å²) in [4.78, 5) is 31.4. The predicted molar refractivity (Wildman–Crippen MR) is 117 cm³/mol. The molecule has 4 rings (SSSR count). The Morgan fingerprint density at radius 3 is 2.65 bits per heavy atom. The normalized spacial score (nSPS) is 10.9. The van der Waals surface area contributed by atoms with Crippen molar-refractivity contribution in [2.24, 2.45) is 0 Å². The maximum Gasteiger partial charge on any atom is 0.266 e. The van der Waals surface area contributed by atoms with Gasteiger partial charge in [0.1, 0.15) is 17.2 Å². The molecule has 0 fully saturated rings. The fourth-order valence-electron chi connectivity index (χ4n) is 3.08. The Morgan fingerprint density at radius 2 is 1.97 bits per heavy atom. The molecule has 3 aromatic heterocycles. The van der Waals surface area contributed by atoms with E-state index in [2.05, 4.69) is 25.3 Å². The molecule has 0 aliphatic heterocycles. The number of aromatic nitrogens is 4. The monoisotopic (exact) mass is 437 g/mol. The Balaban J connectivity index is 1.60. The molecule has 158 valence electrons. The van der Waals surface area contributed by atoms with Gasteiger partial charge in [-0.15, -0.1) is 11.3 Å². The SMILES string of the molecule is COCc1nc(OC)c2c(C)c(C(=O)Nc3cnc(-c4cccc(O)c4)nc3)sc2n1. The lowest BCUT2D eigenvalue weighted by molar-refractivity contribution is 0.103. The van der Waals surface area contributed by atoms with Crippen LogP contribution in [0.2, 0.25) is 0 Å². The second kappa shape index (κ2) is 8.62. The van der Waals surface area contributed by atoms with Gasteiger partial charge in [0.2, 0.25) is 5.88 Å². The number of aryl methyl sites for hydroxylation is 1. The number of ether oxygens (including phenoxy) is 2. The molecule has 9 nitrogen and oxygen atoms in total. The number of hydrogen-bond acceptors (Lipinski definition) is 9. The maximum atomic E-state index is 12.9. The van der Waals surface area contributed by atoms with Crippen molar-refractivity contribution in [3.63, 3.8) is 0 Å². The molecule has 2 N–H and O–H groups in total. The van der Waals surface area contributed by atoms with E-state index < -0.39 is 0 Å². The topological polar surface area (TPSA) is 119 Å². The molecule has 10 heteroatoms. The summed E-state index contributed by atoms with van der Waals surface area (Å²) in [6, 6.07) is 6.65. The fourth-order valence-corrected chi connectivity index (χ4v) is 4.16. The van der Waals surface area contributed by atoms with Gasteiger partial charge in [0.05, 0.1) is 35.5 Å². The average Bonchev–Trinajstić information content (AvgIpc) is 3.10. The number of methoxy groups -OCH3 is 2. The number of nitrogens with zero attached hydrogens (tertiary/aromatic N) is 4. The van der Waals surface area contributed by atoms with Gasteiger partial charge < -0.3 is 19.9 Å². The first-order chi connectivity index (χ1) is 15.0. The number of rotatable bonds is 6. The lowest BCUT2D eigenvalue weighted by Crippen LogP contribution is -2.12. The third kappa shape index (κ3) is 4.16. The minimum Gasteiger partial charge on any atom is -0.508 e. The number of carbonyl (C=O) groups is 1. The summed E-state index contributed by atoms with van der Waals surface area (Å²) >= 11 is 1.26. The molecule has 1 amide bonds. The molecule has 4 aromatic rings. The van der Waals surface area contributed by atoms with E-state index in [9.17, 15) is 9.90 Å². The first-order valence-electron chi connectivity index (χ1n) is 9.26.